The van der Waals surface area contributed by atoms with Crippen molar-refractivity contribution in [3.05, 3.63) is 51.5 Å². The first kappa shape index (κ1) is 13.1. The molecule has 1 amide bonds. The van der Waals surface area contributed by atoms with Gasteiger partial charge in [0.1, 0.15) is 11.3 Å². The monoisotopic (exact) mass is 349 g/mol. The molecule has 0 aliphatic carbocycles. The van der Waals surface area contributed by atoms with Gasteiger partial charge in [-0.3, -0.25) is 4.79 Å². The van der Waals surface area contributed by atoms with E-state index in [9.17, 15) is 4.79 Å². The number of nitrogens with one attached hydrogen (secondary N) is 1. The lowest BCUT2D eigenvalue weighted by atomic mass is 10.2. The van der Waals surface area contributed by atoms with Crippen molar-refractivity contribution in [1.29, 1.82) is 0 Å². The van der Waals surface area contributed by atoms with Gasteiger partial charge >= 0.3 is 0 Å². The number of H-pyrrole nitrogens is 1. The van der Waals surface area contributed by atoms with Gasteiger partial charge in [0.05, 0.1) is 10.5 Å². The molecule has 0 fully saturated rings. The third-order valence-corrected chi connectivity index (χ3v) is 3.89. The van der Waals surface area contributed by atoms with Crippen LogP contribution in [0.3, 0.4) is 0 Å². The lowest BCUT2D eigenvalue weighted by Gasteiger charge is -1.98. The molecule has 6 heteroatoms. The predicted molar refractivity (Wildman–Crippen MR) is 82.8 cm³/mol. The highest BCUT2D eigenvalue weighted by molar-refractivity contribution is 9.10. The van der Waals surface area contributed by atoms with Gasteiger partial charge in [0.2, 0.25) is 5.91 Å². The fourth-order valence-electron chi connectivity index (χ4n) is 2.00. The summed E-state index contributed by atoms with van der Waals surface area (Å²) in [6.07, 6.45) is 0. The first-order valence-electron chi connectivity index (χ1n) is 5.80. The molecule has 0 aliphatic heterocycles. The highest BCUT2D eigenvalue weighted by Gasteiger charge is 2.13. The SMILES string of the molecule is NC(=O)c1cc(Br)c2nc(-c3ccccc3Cl)[nH]c2c1. The summed E-state index contributed by atoms with van der Waals surface area (Å²) in [7, 11) is 0. The second-order valence-electron chi connectivity index (χ2n) is 4.28. The zero-order valence-electron chi connectivity index (χ0n) is 10.2. The number of benzene rings is 2. The molecule has 0 atom stereocenters. The number of aromatic nitrogens is 2. The van der Waals surface area contributed by atoms with E-state index >= 15 is 0 Å². The standard InChI is InChI=1S/C14H9BrClN3O/c15-9-5-7(13(17)20)6-11-12(9)19-14(18-11)8-3-1-2-4-10(8)16/h1-6H,(H2,17,20)(H,18,19). The van der Waals surface area contributed by atoms with Crippen LogP contribution in [-0.4, -0.2) is 15.9 Å². The Morgan fingerprint density at radius 1 is 1.30 bits per heavy atom. The summed E-state index contributed by atoms with van der Waals surface area (Å²) in [5.41, 5.74) is 7.97. The van der Waals surface area contributed by atoms with Crippen molar-refractivity contribution in [2.45, 2.75) is 0 Å². The van der Waals surface area contributed by atoms with Gasteiger partial charge in [0.15, 0.2) is 0 Å². The number of carbonyl (C=O) groups excluding carboxylic acids is 1. The molecule has 0 saturated carbocycles. The second-order valence-corrected chi connectivity index (χ2v) is 5.55. The molecule has 0 aliphatic rings. The van der Waals surface area contributed by atoms with Crippen LogP contribution in [0, 0.1) is 0 Å². The smallest absolute Gasteiger partial charge is 0.248 e. The van der Waals surface area contributed by atoms with Crippen molar-refractivity contribution in [3.8, 4) is 11.4 Å². The molecule has 4 nitrogen and oxygen atoms in total. The zero-order chi connectivity index (χ0) is 14.3. The lowest BCUT2D eigenvalue weighted by molar-refractivity contribution is 0.100. The lowest BCUT2D eigenvalue weighted by Crippen LogP contribution is -2.10. The maximum Gasteiger partial charge on any atom is 0.248 e. The molecule has 100 valence electrons. The van der Waals surface area contributed by atoms with Crippen LogP contribution in [0.25, 0.3) is 22.4 Å². The van der Waals surface area contributed by atoms with Gasteiger partial charge in [-0.1, -0.05) is 23.7 Å². The fraction of sp³-hybridized carbons (Fsp3) is 0. The van der Waals surface area contributed by atoms with Crippen LogP contribution in [0.5, 0.6) is 0 Å². The molecular formula is C14H9BrClN3O. The van der Waals surface area contributed by atoms with Gasteiger partial charge in [-0.2, -0.15) is 0 Å². The van der Waals surface area contributed by atoms with Crippen molar-refractivity contribution in [2.75, 3.05) is 0 Å². The van der Waals surface area contributed by atoms with Gasteiger partial charge in [-0.25, -0.2) is 4.98 Å². The average Bonchev–Trinajstić information content (AvgIpc) is 2.83. The van der Waals surface area contributed by atoms with Crippen molar-refractivity contribution in [3.63, 3.8) is 0 Å². The molecule has 0 bridgehead atoms. The summed E-state index contributed by atoms with van der Waals surface area (Å²) >= 11 is 9.56. The third kappa shape index (κ3) is 2.19. The Morgan fingerprint density at radius 3 is 2.75 bits per heavy atom. The molecule has 1 aromatic heterocycles. The van der Waals surface area contributed by atoms with E-state index in [-0.39, 0.29) is 0 Å². The number of hydrogen-bond donors (Lipinski definition) is 2. The number of fused-ring (bicyclic) bond motifs is 1. The first-order valence-corrected chi connectivity index (χ1v) is 6.97. The minimum Gasteiger partial charge on any atom is -0.366 e. The number of primary amides is 1. The number of nitrogens with zero attached hydrogens (tertiary/aromatic N) is 1. The number of hydrogen-bond acceptors (Lipinski definition) is 2. The number of aromatic amines is 1. The van der Waals surface area contributed by atoms with Crippen molar-refractivity contribution >= 4 is 44.5 Å². The second kappa shape index (κ2) is 4.92. The summed E-state index contributed by atoms with van der Waals surface area (Å²) in [5, 5.41) is 0.609. The van der Waals surface area contributed by atoms with E-state index in [1.165, 1.54) is 0 Å². The quantitative estimate of drug-likeness (QED) is 0.739. The van der Waals surface area contributed by atoms with Crippen LogP contribution in [0.15, 0.2) is 40.9 Å². The largest absolute Gasteiger partial charge is 0.366 e. The molecule has 0 radical (unpaired) electrons. The van der Waals surface area contributed by atoms with Crippen LogP contribution in [-0.2, 0) is 0 Å². The highest BCUT2D eigenvalue weighted by Crippen LogP contribution is 2.30. The maximum absolute atomic E-state index is 11.3. The third-order valence-electron chi connectivity index (χ3n) is 2.95. The number of nitrogens with two attached hydrogens (primary N) is 1. The molecule has 2 aromatic carbocycles. The van der Waals surface area contributed by atoms with E-state index in [1.54, 1.807) is 18.2 Å². The van der Waals surface area contributed by atoms with Gasteiger partial charge < -0.3 is 10.7 Å². The molecule has 20 heavy (non-hydrogen) atoms. The first-order chi connectivity index (χ1) is 9.56. The number of rotatable bonds is 2. The summed E-state index contributed by atoms with van der Waals surface area (Å²) < 4.78 is 0.707. The van der Waals surface area contributed by atoms with Crippen LogP contribution in [0.4, 0.5) is 0 Å². The Kier molecular flexibility index (Phi) is 3.23. The Morgan fingerprint density at radius 2 is 2.05 bits per heavy atom. The van der Waals surface area contributed by atoms with E-state index in [4.69, 9.17) is 17.3 Å². The Bertz CT molecular complexity index is 828. The van der Waals surface area contributed by atoms with Crippen LogP contribution in [0.2, 0.25) is 5.02 Å². The minimum absolute atomic E-state index is 0.415. The van der Waals surface area contributed by atoms with E-state index in [0.717, 1.165) is 16.6 Å². The normalized spacial score (nSPS) is 10.9. The van der Waals surface area contributed by atoms with E-state index in [0.29, 0.717) is 20.9 Å². The predicted octanol–water partition coefficient (Wildman–Crippen LogP) is 3.74. The summed E-state index contributed by atoms with van der Waals surface area (Å²) in [4.78, 5) is 18.9. The van der Waals surface area contributed by atoms with Crippen LogP contribution in [0.1, 0.15) is 10.4 Å². The maximum atomic E-state index is 11.3. The Hall–Kier alpha value is -1.85. The molecule has 3 rings (SSSR count). The van der Waals surface area contributed by atoms with E-state index in [2.05, 4.69) is 25.9 Å². The molecule has 0 spiro atoms. The number of imidazole rings is 1. The molecule has 3 aromatic rings. The Labute approximate surface area is 128 Å². The molecular weight excluding hydrogens is 342 g/mol. The topological polar surface area (TPSA) is 71.8 Å². The van der Waals surface area contributed by atoms with Gasteiger partial charge in [-0.05, 0) is 40.2 Å². The van der Waals surface area contributed by atoms with E-state index < -0.39 is 5.91 Å². The van der Waals surface area contributed by atoms with Crippen molar-refractivity contribution in [2.24, 2.45) is 5.73 Å². The summed E-state index contributed by atoms with van der Waals surface area (Å²) in [6, 6.07) is 10.8. The average molecular weight is 351 g/mol. The minimum atomic E-state index is -0.485. The highest BCUT2D eigenvalue weighted by atomic mass is 79.9. The zero-order valence-corrected chi connectivity index (χ0v) is 12.5. The van der Waals surface area contributed by atoms with Gasteiger partial charge in [0.25, 0.3) is 0 Å². The molecule has 3 N–H and O–H groups in total. The summed E-state index contributed by atoms with van der Waals surface area (Å²) in [5.74, 6) is 0.161. The van der Waals surface area contributed by atoms with Crippen LogP contribution < -0.4 is 5.73 Å². The van der Waals surface area contributed by atoms with Crippen LogP contribution >= 0.6 is 27.5 Å². The number of amides is 1. The van der Waals surface area contributed by atoms with Crippen molar-refractivity contribution < 1.29 is 4.79 Å². The molecule has 0 unspecified atom stereocenters. The number of halogens is 2. The number of carbonyl (C=O) groups is 1. The van der Waals surface area contributed by atoms with E-state index in [1.807, 2.05) is 18.2 Å². The molecule has 1 heterocycles. The molecule has 0 saturated heterocycles. The Balaban J connectivity index is 2.23. The van der Waals surface area contributed by atoms with Gasteiger partial charge in [0, 0.05) is 15.6 Å². The van der Waals surface area contributed by atoms with Crippen molar-refractivity contribution in [1.82, 2.24) is 9.97 Å². The summed E-state index contributed by atoms with van der Waals surface area (Å²) in [6.45, 7) is 0. The van der Waals surface area contributed by atoms with Gasteiger partial charge in [-0.15, -0.1) is 0 Å². The fourth-order valence-corrected chi connectivity index (χ4v) is 2.77.